The fourth-order valence-corrected chi connectivity index (χ4v) is 2.06. The molecule has 6 heteroatoms. The van der Waals surface area contributed by atoms with E-state index in [2.05, 4.69) is 10.5 Å². The highest BCUT2D eigenvalue weighted by Gasteiger charge is 2.41. The Hall–Kier alpha value is -1.95. The van der Waals surface area contributed by atoms with E-state index in [-0.39, 0.29) is 11.7 Å². The van der Waals surface area contributed by atoms with Gasteiger partial charge in [0.05, 0.1) is 5.71 Å². The summed E-state index contributed by atoms with van der Waals surface area (Å²) in [6, 6.07) is 5.97. The van der Waals surface area contributed by atoms with Crippen molar-refractivity contribution in [3.8, 4) is 0 Å². The minimum Gasteiger partial charge on any atom is -0.385 e. The van der Waals surface area contributed by atoms with Gasteiger partial charge in [0.25, 0.3) is 5.91 Å². The largest absolute Gasteiger partial charge is 0.385 e. The molecule has 0 bridgehead atoms. The number of rotatable bonds is 6. The number of hydrogen-bond acceptors (Lipinski definition) is 4. The number of ether oxygens (including phenoxy) is 1. The molecule has 1 amide bonds. The van der Waals surface area contributed by atoms with Gasteiger partial charge < -0.3 is 14.9 Å². The third-order valence-corrected chi connectivity index (χ3v) is 3.33. The van der Waals surface area contributed by atoms with E-state index in [0.717, 1.165) is 12.0 Å². The van der Waals surface area contributed by atoms with Crippen LogP contribution in [-0.4, -0.2) is 37.5 Å². The smallest absolute Gasteiger partial charge is 0.267 e. The van der Waals surface area contributed by atoms with Crippen molar-refractivity contribution in [1.29, 1.82) is 0 Å². The molecule has 1 aromatic rings. The van der Waals surface area contributed by atoms with E-state index in [1.54, 1.807) is 26.2 Å². The second-order valence-electron chi connectivity index (χ2n) is 5.15. The molecule has 0 fully saturated rings. The molecular formula is C15H19FN2O3. The third-order valence-electron chi connectivity index (χ3n) is 3.33. The monoisotopic (exact) mass is 294 g/mol. The van der Waals surface area contributed by atoms with Crippen LogP contribution in [0.15, 0.2) is 29.4 Å². The number of amides is 1. The zero-order valence-corrected chi connectivity index (χ0v) is 12.2. The van der Waals surface area contributed by atoms with E-state index in [9.17, 15) is 9.18 Å². The normalized spacial score (nSPS) is 20.8. The van der Waals surface area contributed by atoms with Crippen molar-refractivity contribution >= 4 is 11.6 Å². The van der Waals surface area contributed by atoms with Crippen LogP contribution in [0, 0.1) is 5.82 Å². The lowest BCUT2D eigenvalue weighted by atomic mass is 9.95. The molecule has 1 aliphatic heterocycles. The van der Waals surface area contributed by atoms with E-state index in [1.165, 1.54) is 12.1 Å². The maximum absolute atomic E-state index is 12.9. The highest BCUT2D eigenvalue weighted by atomic mass is 19.1. The molecule has 114 valence electrons. The summed E-state index contributed by atoms with van der Waals surface area (Å²) in [5, 5.41) is 6.77. The Bertz CT molecular complexity index is 530. The maximum Gasteiger partial charge on any atom is 0.267 e. The summed E-state index contributed by atoms with van der Waals surface area (Å²) in [5.41, 5.74) is 0.383. The van der Waals surface area contributed by atoms with Crippen molar-refractivity contribution in [1.82, 2.24) is 5.32 Å². The Kier molecular flexibility index (Phi) is 4.90. The number of nitrogens with zero attached hydrogens (tertiary/aromatic N) is 1. The minimum atomic E-state index is -1.02. The maximum atomic E-state index is 12.9. The van der Waals surface area contributed by atoms with Crippen molar-refractivity contribution in [2.24, 2.45) is 5.16 Å². The highest BCUT2D eigenvalue weighted by Crippen LogP contribution is 2.26. The van der Waals surface area contributed by atoms with E-state index in [0.29, 0.717) is 25.3 Å². The van der Waals surface area contributed by atoms with E-state index in [1.807, 2.05) is 0 Å². The quantitative estimate of drug-likeness (QED) is 0.815. The van der Waals surface area contributed by atoms with E-state index < -0.39 is 5.60 Å². The van der Waals surface area contributed by atoms with Gasteiger partial charge in [0.1, 0.15) is 5.82 Å². The van der Waals surface area contributed by atoms with Crippen LogP contribution < -0.4 is 5.32 Å². The van der Waals surface area contributed by atoms with Crippen molar-refractivity contribution in [3.63, 3.8) is 0 Å². The lowest BCUT2D eigenvalue weighted by Gasteiger charge is -2.20. The molecule has 1 atom stereocenters. The lowest BCUT2D eigenvalue weighted by molar-refractivity contribution is -0.141. The van der Waals surface area contributed by atoms with Gasteiger partial charge in [-0.3, -0.25) is 4.79 Å². The number of halogens is 1. The van der Waals surface area contributed by atoms with Gasteiger partial charge in [0.15, 0.2) is 0 Å². The molecule has 0 spiro atoms. The topological polar surface area (TPSA) is 59.9 Å². The summed E-state index contributed by atoms with van der Waals surface area (Å²) in [4.78, 5) is 17.5. The van der Waals surface area contributed by atoms with Gasteiger partial charge in [-0.25, -0.2) is 4.39 Å². The first-order chi connectivity index (χ1) is 10.0. The average molecular weight is 294 g/mol. The first-order valence-corrected chi connectivity index (χ1v) is 6.83. The van der Waals surface area contributed by atoms with Crippen LogP contribution in [0.2, 0.25) is 0 Å². The molecule has 5 nitrogen and oxygen atoms in total. The van der Waals surface area contributed by atoms with Gasteiger partial charge in [-0.15, -0.1) is 0 Å². The van der Waals surface area contributed by atoms with Crippen LogP contribution in [0.25, 0.3) is 0 Å². The van der Waals surface area contributed by atoms with Crippen molar-refractivity contribution in [2.75, 3.05) is 20.3 Å². The fourth-order valence-electron chi connectivity index (χ4n) is 2.06. The predicted molar refractivity (Wildman–Crippen MR) is 76.5 cm³/mol. The predicted octanol–water partition coefficient (Wildman–Crippen LogP) is 1.86. The highest BCUT2D eigenvalue weighted by molar-refractivity contribution is 6.05. The molecule has 21 heavy (non-hydrogen) atoms. The number of carbonyl (C=O) groups excluding carboxylic acids is 1. The summed E-state index contributed by atoms with van der Waals surface area (Å²) in [5.74, 6) is -0.517. The Labute approximate surface area is 123 Å². The second-order valence-corrected chi connectivity index (χ2v) is 5.15. The first kappa shape index (κ1) is 15.4. The van der Waals surface area contributed by atoms with Crippen LogP contribution in [0.4, 0.5) is 4.39 Å². The SMILES string of the molecule is COCCCNC(=O)[C@@]1(C)CC(c2ccc(F)cc2)=NO1. The van der Waals surface area contributed by atoms with Crippen LogP contribution in [0.1, 0.15) is 25.3 Å². The van der Waals surface area contributed by atoms with Gasteiger partial charge in [-0.05, 0) is 31.0 Å². The summed E-state index contributed by atoms with van der Waals surface area (Å²) in [6.45, 7) is 2.81. The molecule has 0 radical (unpaired) electrons. The Balaban J connectivity index is 1.92. The van der Waals surface area contributed by atoms with E-state index >= 15 is 0 Å². The van der Waals surface area contributed by atoms with Gasteiger partial charge in [-0.2, -0.15) is 0 Å². The second kappa shape index (κ2) is 6.67. The molecule has 0 saturated carbocycles. The molecule has 0 aliphatic carbocycles. The molecule has 0 unspecified atom stereocenters. The Morgan fingerprint density at radius 2 is 2.19 bits per heavy atom. The van der Waals surface area contributed by atoms with Gasteiger partial charge >= 0.3 is 0 Å². The lowest BCUT2D eigenvalue weighted by Crippen LogP contribution is -2.45. The zero-order valence-electron chi connectivity index (χ0n) is 12.2. The molecule has 2 rings (SSSR count). The Morgan fingerprint density at radius 1 is 1.48 bits per heavy atom. The molecule has 1 heterocycles. The van der Waals surface area contributed by atoms with Crippen molar-refractivity contribution < 1.29 is 18.8 Å². The summed E-state index contributed by atoms with van der Waals surface area (Å²) >= 11 is 0. The van der Waals surface area contributed by atoms with Crippen LogP contribution >= 0.6 is 0 Å². The number of hydrogen-bond donors (Lipinski definition) is 1. The first-order valence-electron chi connectivity index (χ1n) is 6.83. The molecule has 1 aliphatic rings. The number of oxime groups is 1. The third kappa shape index (κ3) is 3.78. The summed E-state index contributed by atoms with van der Waals surface area (Å²) in [6.07, 6.45) is 1.10. The number of benzene rings is 1. The molecule has 1 N–H and O–H groups in total. The van der Waals surface area contributed by atoms with E-state index in [4.69, 9.17) is 9.57 Å². The van der Waals surface area contributed by atoms with Crippen molar-refractivity contribution in [2.45, 2.75) is 25.4 Å². The molecule has 1 aromatic carbocycles. The van der Waals surface area contributed by atoms with Gasteiger partial charge in [0.2, 0.25) is 5.60 Å². The van der Waals surface area contributed by atoms with Crippen molar-refractivity contribution in [3.05, 3.63) is 35.6 Å². The Morgan fingerprint density at radius 3 is 2.86 bits per heavy atom. The number of methoxy groups -OCH3 is 1. The standard InChI is InChI=1S/C15H19FN2O3/c1-15(14(19)17-8-3-9-20-2)10-13(18-21-15)11-4-6-12(16)7-5-11/h4-7H,3,8-10H2,1-2H3,(H,17,19)/t15-/m1/s1. The summed E-state index contributed by atoms with van der Waals surface area (Å²) in [7, 11) is 1.62. The zero-order chi connectivity index (χ0) is 15.3. The minimum absolute atomic E-state index is 0.209. The number of carbonyl (C=O) groups is 1. The molecule has 0 saturated heterocycles. The molecule has 0 aromatic heterocycles. The average Bonchev–Trinajstić information content (AvgIpc) is 2.88. The van der Waals surface area contributed by atoms with Crippen LogP contribution in [-0.2, 0) is 14.4 Å². The van der Waals surface area contributed by atoms with Gasteiger partial charge in [-0.1, -0.05) is 17.3 Å². The fraction of sp³-hybridized carbons (Fsp3) is 0.467. The molecular weight excluding hydrogens is 275 g/mol. The number of nitrogens with one attached hydrogen (secondary N) is 1. The summed E-state index contributed by atoms with van der Waals surface area (Å²) < 4.78 is 17.8. The van der Waals surface area contributed by atoms with Crippen LogP contribution in [0.3, 0.4) is 0 Å². The van der Waals surface area contributed by atoms with Crippen LogP contribution in [0.5, 0.6) is 0 Å². The van der Waals surface area contributed by atoms with Gasteiger partial charge in [0, 0.05) is 26.7 Å².